The number of rotatable bonds is 9. The summed E-state index contributed by atoms with van der Waals surface area (Å²) in [6.07, 6.45) is 11.6. The van der Waals surface area contributed by atoms with Crippen molar-refractivity contribution in [2.24, 2.45) is 0 Å². The average Bonchev–Trinajstić information content (AvgIpc) is 3.63. The quantitative estimate of drug-likeness (QED) is 0.483. The summed E-state index contributed by atoms with van der Waals surface area (Å²) in [5, 5.41) is 14.1. The summed E-state index contributed by atoms with van der Waals surface area (Å²) in [5.74, 6) is 1.72. The third-order valence-corrected chi connectivity index (χ3v) is 7.73. The Balaban J connectivity index is 1.52. The van der Waals surface area contributed by atoms with Gasteiger partial charge in [-0.1, -0.05) is 39.0 Å². The molecular formula is C26H36N6O2. The minimum Gasteiger partial charge on any atom is -0.497 e. The molecule has 2 saturated carbocycles. The smallest absolute Gasteiger partial charge is 0.252 e. The molecule has 0 radical (unpaired) electrons. The minimum absolute atomic E-state index is 0.0330. The van der Waals surface area contributed by atoms with Gasteiger partial charge in [0.1, 0.15) is 5.75 Å². The van der Waals surface area contributed by atoms with Crippen LogP contribution in [0.15, 0.2) is 29.1 Å². The zero-order valence-corrected chi connectivity index (χ0v) is 20.4. The average molecular weight is 465 g/mol. The first-order chi connectivity index (χ1) is 16.7. The maximum Gasteiger partial charge on any atom is 0.252 e. The van der Waals surface area contributed by atoms with Crippen LogP contribution >= 0.6 is 0 Å². The second kappa shape index (κ2) is 10.3. The lowest BCUT2D eigenvalue weighted by Crippen LogP contribution is -2.39. The Bertz CT molecular complexity index is 1160. The van der Waals surface area contributed by atoms with Crippen molar-refractivity contribution in [3.63, 3.8) is 0 Å². The molecule has 0 aliphatic heterocycles. The fraction of sp³-hybridized carbons (Fsp3) is 0.615. The summed E-state index contributed by atoms with van der Waals surface area (Å²) < 4.78 is 7.43. The van der Waals surface area contributed by atoms with Crippen molar-refractivity contribution in [2.45, 2.75) is 95.8 Å². The molecule has 1 aromatic carbocycles. The molecule has 0 amide bonds. The van der Waals surface area contributed by atoms with E-state index in [4.69, 9.17) is 4.74 Å². The fourth-order valence-electron chi connectivity index (χ4n) is 5.94. The Hall–Kier alpha value is -2.74. The molecule has 1 N–H and O–H groups in total. The normalized spacial score (nSPS) is 18.3. The monoisotopic (exact) mass is 464 g/mol. The molecule has 0 unspecified atom stereocenters. The van der Waals surface area contributed by atoms with Gasteiger partial charge in [-0.25, -0.2) is 4.68 Å². The van der Waals surface area contributed by atoms with Crippen LogP contribution in [0.2, 0.25) is 0 Å². The maximum atomic E-state index is 13.2. The topological polar surface area (TPSA) is 88.9 Å². The number of fused-ring (bicyclic) bond motifs is 1. The van der Waals surface area contributed by atoms with E-state index in [0.29, 0.717) is 18.6 Å². The highest BCUT2D eigenvalue weighted by atomic mass is 16.5. The largest absolute Gasteiger partial charge is 0.497 e. The number of pyridine rings is 1. The zero-order chi connectivity index (χ0) is 23.5. The molecule has 0 spiro atoms. The molecular weight excluding hydrogens is 428 g/mol. The number of hydrogen-bond acceptors (Lipinski definition) is 6. The summed E-state index contributed by atoms with van der Waals surface area (Å²) in [6.45, 7) is 2.82. The van der Waals surface area contributed by atoms with Gasteiger partial charge in [-0.3, -0.25) is 9.69 Å². The lowest BCUT2D eigenvalue weighted by atomic mass is 10.0. The van der Waals surface area contributed by atoms with Crippen molar-refractivity contribution < 1.29 is 4.74 Å². The van der Waals surface area contributed by atoms with Gasteiger partial charge >= 0.3 is 0 Å². The number of aromatic amines is 1. The van der Waals surface area contributed by atoms with Gasteiger partial charge in [0.15, 0.2) is 5.82 Å². The zero-order valence-electron chi connectivity index (χ0n) is 20.4. The molecule has 3 aromatic rings. The van der Waals surface area contributed by atoms with Crippen LogP contribution < -0.4 is 10.3 Å². The number of methoxy groups -OCH3 is 1. The molecule has 2 fully saturated rings. The van der Waals surface area contributed by atoms with Crippen molar-refractivity contribution in [1.82, 2.24) is 30.1 Å². The van der Waals surface area contributed by atoms with Gasteiger partial charge in [0.2, 0.25) is 0 Å². The van der Waals surface area contributed by atoms with Crippen LogP contribution in [-0.2, 0) is 6.54 Å². The van der Waals surface area contributed by atoms with Gasteiger partial charge in [-0.2, -0.15) is 0 Å². The molecule has 0 bridgehead atoms. The summed E-state index contributed by atoms with van der Waals surface area (Å²) >= 11 is 0. The SMILES string of the molecule is CCC[C@@H](c1nnnn1C1CCCC1)N(Cc1cc2ccc(OC)cc2[nH]c1=O)C1CCCC1. The Morgan fingerprint density at radius 3 is 2.65 bits per heavy atom. The minimum atomic E-state index is -0.0330. The van der Waals surface area contributed by atoms with Crippen LogP contribution in [-0.4, -0.2) is 43.2 Å². The van der Waals surface area contributed by atoms with E-state index in [1.54, 1.807) is 7.11 Å². The molecule has 2 aliphatic carbocycles. The van der Waals surface area contributed by atoms with Crippen LogP contribution in [0.4, 0.5) is 0 Å². The van der Waals surface area contributed by atoms with Crippen LogP contribution in [0.1, 0.15) is 94.6 Å². The molecule has 1 atom stereocenters. The second-order valence-electron chi connectivity index (χ2n) is 9.91. The molecule has 5 rings (SSSR count). The Labute approximate surface area is 200 Å². The highest BCUT2D eigenvalue weighted by molar-refractivity contribution is 5.80. The van der Waals surface area contributed by atoms with Crippen molar-refractivity contribution >= 4 is 10.9 Å². The van der Waals surface area contributed by atoms with Gasteiger partial charge in [0.05, 0.1) is 24.7 Å². The van der Waals surface area contributed by atoms with E-state index in [2.05, 4.69) is 37.0 Å². The highest BCUT2D eigenvalue weighted by Gasteiger charge is 2.34. The van der Waals surface area contributed by atoms with E-state index >= 15 is 0 Å². The van der Waals surface area contributed by atoms with Crippen molar-refractivity contribution in [2.75, 3.05) is 7.11 Å². The molecule has 2 heterocycles. The van der Waals surface area contributed by atoms with Crippen LogP contribution in [0.5, 0.6) is 5.75 Å². The van der Waals surface area contributed by atoms with E-state index < -0.39 is 0 Å². The van der Waals surface area contributed by atoms with Gasteiger partial charge < -0.3 is 9.72 Å². The number of benzene rings is 1. The van der Waals surface area contributed by atoms with Crippen molar-refractivity contribution in [3.05, 3.63) is 46.0 Å². The summed E-state index contributed by atoms with van der Waals surface area (Å²) in [4.78, 5) is 18.8. The number of tetrazole rings is 1. The summed E-state index contributed by atoms with van der Waals surface area (Å²) in [7, 11) is 1.64. The first kappa shape index (κ1) is 23.0. The lowest BCUT2D eigenvalue weighted by molar-refractivity contribution is 0.106. The third-order valence-electron chi connectivity index (χ3n) is 7.73. The van der Waals surface area contributed by atoms with Gasteiger partial charge in [-0.05, 0) is 66.1 Å². The molecule has 0 saturated heterocycles. The number of hydrogen-bond donors (Lipinski definition) is 1. The molecule has 34 heavy (non-hydrogen) atoms. The summed E-state index contributed by atoms with van der Waals surface area (Å²) in [6, 6.07) is 8.82. The van der Waals surface area contributed by atoms with Gasteiger partial charge in [0.25, 0.3) is 5.56 Å². The molecule has 2 aliphatic rings. The molecule has 8 heteroatoms. The van der Waals surface area contributed by atoms with E-state index in [1.807, 2.05) is 24.3 Å². The van der Waals surface area contributed by atoms with Gasteiger partial charge in [-0.15, -0.1) is 5.10 Å². The maximum absolute atomic E-state index is 13.2. The molecule has 182 valence electrons. The van der Waals surface area contributed by atoms with E-state index in [-0.39, 0.29) is 11.6 Å². The van der Waals surface area contributed by atoms with Crippen LogP contribution in [0, 0.1) is 0 Å². The highest BCUT2D eigenvalue weighted by Crippen LogP contribution is 2.37. The van der Waals surface area contributed by atoms with E-state index in [0.717, 1.165) is 66.6 Å². The Morgan fingerprint density at radius 1 is 1.15 bits per heavy atom. The lowest BCUT2D eigenvalue weighted by Gasteiger charge is -2.36. The number of ether oxygens (including phenoxy) is 1. The predicted molar refractivity (Wildman–Crippen MR) is 132 cm³/mol. The number of H-pyrrole nitrogens is 1. The van der Waals surface area contributed by atoms with E-state index in [9.17, 15) is 4.79 Å². The Morgan fingerprint density at radius 2 is 1.91 bits per heavy atom. The molecule has 2 aromatic heterocycles. The third kappa shape index (κ3) is 4.60. The second-order valence-corrected chi connectivity index (χ2v) is 9.91. The van der Waals surface area contributed by atoms with Crippen molar-refractivity contribution in [3.8, 4) is 5.75 Å². The fourth-order valence-corrected chi connectivity index (χ4v) is 5.94. The first-order valence-corrected chi connectivity index (χ1v) is 12.9. The molecule has 8 nitrogen and oxygen atoms in total. The standard InChI is InChI=1S/C26H36N6O2/c1-3-8-24(25-28-29-30-32(25)21-11-6-7-12-21)31(20-9-4-5-10-20)17-19-15-18-13-14-22(34-2)16-23(18)27-26(19)33/h13-16,20-21,24H,3-12,17H2,1-2H3,(H,27,33)/t24-/m0/s1. The first-order valence-electron chi connectivity index (χ1n) is 12.9. The van der Waals surface area contributed by atoms with Crippen LogP contribution in [0.25, 0.3) is 10.9 Å². The summed E-state index contributed by atoms with van der Waals surface area (Å²) in [5.41, 5.74) is 1.57. The van der Waals surface area contributed by atoms with Gasteiger partial charge in [0, 0.05) is 24.2 Å². The number of nitrogens with one attached hydrogen (secondary N) is 1. The number of nitrogens with zero attached hydrogens (tertiary/aromatic N) is 5. The van der Waals surface area contributed by atoms with Crippen molar-refractivity contribution in [1.29, 1.82) is 0 Å². The van der Waals surface area contributed by atoms with E-state index in [1.165, 1.54) is 25.7 Å². The van der Waals surface area contributed by atoms with Crippen LogP contribution in [0.3, 0.4) is 0 Å². The Kier molecular flexibility index (Phi) is 6.94. The number of aromatic nitrogens is 5. The predicted octanol–water partition coefficient (Wildman–Crippen LogP) is 4.92.